The van der Waals surface area contributed by atoms with E-state index in [1.165, 1.54) is 18.2 Å². The molecule has 0 aliphatic rings. The molecule has 0 atom stereocenters. The zero-order valence-corrected chi connectivity index (χ0v) is 14.6. The highest BCUT2D eigenvalue weighted by molar-refractivity contribution is 5.87. The lowest BCUT2D eigenvalue weighted by atomic mass is 9.86. The molecule has 126 valence electrons. The van der Waals surface area contributed by atoms with Crippen LogP contribution in [-0.4, -0.2) is 13.4 Å². The first-order valence-electron chi connectivity index (χ1n) is 8.15. The second-order valence-corrected chi connectivity index (χ2v) is 5.96. The van der Waals surface area contributed by atoms with Crippen LogP contribution in [0.25, 0.3) is 17.2 Å². The summed E-state index contributed by atoms with van der Waals surface area (Å²) in [6.45, 7) is 6.32. The first kappa shape index (κ1) is 17.9. The number of hydrogen-bond donors (Lipinski definition) is 0. The number of carbonyl (C=O) groups is 1. The van der Waals surface area contributed by atoms with Crippen molar-refractivity contribution in [2.75, 3.05) is 7.11 Å². The van der Waals surface area contributed by atoms with E-state index in [-0.39, 0.29) is 11.7 Å². The Hall–Kier alpha value is -2.42. The van der Waals surface area contributed by atoms with E-state index in [9.17, 15) is 9.18 Å². The van der Waals surface area contributed by atoms with Crippen LogP contribution in [0.1, 0.15) is 43.4 Å². The minimum atomic E-state index is -0.279. The third-order valence-corrected chi connectivity index (χ3v) is 4.11. The molecule has 3 heteroatoms. The lowest BCUT2D eigenvalue weighted by Gasteiger charge is -2.21. The van der Waals surface area contributed by atoms with Gasteiger partial charge < -0.3 is 4.74 Å². The summed E-state index contributed by atoms with van der Waals surface area (Å²) in [4.78, 5) is 10.9. The highest BCUT2D eigenvalue weighted by Gasteiger charge is 2.19. The van der Waals surface area contributed by atoms with E-state index in [0.29, 0.717) is 0 Å². The predicted octanol–water partition coefficient (Wildman–Crippen LogP) is 5.40. The summed E-state index contributed by atoms with van der Waals surface area (Å²) >= 11 is 0. The molecular weight excluding hydrogens is 303 g/mol. The molecule has 0 radical (unpaired) electrons. The molecule has 0 spiro atoms. The van der Waals surface area contributed by atoms with Gasteiger partial charge >= 0.3 is 0 Å². The van der Waals surface area contributed by atoms with Gasteiger partial charge in [-0.05, 0) is 52.8 Å². The van der Waals surface area contributed by atoms with Gasteiger partial charge in [0.25, 0.3) is 0 Å². The van der Waals surface area contributed by atoms with E-state index in [1.54, 1.807) is 19.2 Å². The van der Waals surface area contributed by atoms with Crippen LogP contribution < -0.4 is 4.74 Å². The Kier molecular flexibility index (Phi) is 5.91. The molecule has 0 aromatic heterocycles. The Morgan fingerprint density at radius 3 is 2.38 bits per heavy atom. The average Bonchev–Trinajstić information content (AvgIpc) is 2.59. The molecule has 0 amide bonds. The van der Waals surface area contributed by atoms with Gasteiger partial charge in [0.05, 0.1) is 7.11 Å². The summed E-state index contributed by atoms with van der Waals surface area (Å²) in [7, 11) is 1.64. The monoisotopic (exact) mass is 326 g/mol. The number of hydrogen-bond acceptors (Lipinski definition) is 2. The molecule has 0 saturated heterocycles. The first-order chi connectivity index (χ1) is 11.5. The van der Waals surface area contributed by atoms with Gasteiger partial charge in [-0.3, -0.25) is 4.79 Å². The van der Waals surface area contributed by atoms with Crippen molar-refractivity contribution in [1.82, 2.24) is 0 Å². The van der Waals surface area contributed by atoms with E-state index < -0.39 is 0 Å². The molecule has 0 aliphatic carbocycles. The Balaban J connectivity index is 2.89. The average molecular weight is 326 g/mol. The van der Waals surface area contributed by atoms with E-state index in [2.05, 4.69) is 26.8 Å². The summed E-state index contributed by atoms with van der Waals surface area (Å²) in [5, 5.41) is 0. The minimum absolute atomic E-state index is 0.279. The Bertz CT molecular complexity index is 743. The fraction of sp³-hybridized carbons (Fsp3) is 0.286. The van der Waals surface area contributed by atoms with E-state index >= 15 is 0 Å². The van der Waals surface area contributed by atoms with Crippen LogP contribution in [0.4, 0.5) is 4.39 Å². The summed E-state index contributed by atoms with van der Waals surface area (Å²) < 4.78 is 19.0. The Morgan fingerprint density at radius 1 is 1.21 bits per heavy atom. The van der Waals surface area contributed by atoms with Gasteiger partial charge in [-0.25, -0.2) is 4.39 Å². The zero-order chi connectivity index (χ0) is 17.7. The molecule has 2 nitrogen and oxygen atoms in total. The number of aryl methyl sites for hydroxylation is 1. The highest BCUT2D eigenvalue weighted by atomic mass is 19.1. The number of carbonyl (C=O) groups excluding carboxylic acids is 1. The van der Waals surface area contributed by atoms with Crippen LogP contribution in [0.15, 0.2) is 36.4 Å². The maximum absolute atomic E-state index is 13.3. The fourth-order valence-electron chi connectivity index (χ4n) is 2.95. The van der Waals surface area contributed by atoms with Crippen LogP contribution in [0.5, 0.6) is 5.75 Å². The van der Waals surface area contributed by atoms with Crippen molar-refractivity contribution in [1.29, 1.82) is 0 Å². The number of rotatable bonds is 6. The molecule has 2 aromatic rings. The number of methoxy groups -OCH3 is 1. The van der Waals surface area contributed by atoms with Gasteiger partial charge in [0, 0.05) is 5.56 Å². The van der Waals surface area contributed by atoms with E-state index in [0.717, 1.165) is 46.3 Å². The van der Waals surface area contributed by atoms with E-state index in [4.69, 9.17) is 4.74 Å². The van der Waals surface area contributed by atoms with Crippen LogP contribution in [0.2, 0.25) is 0 Å². The van der Waals surface area contributed by atoms with Crippen LogP contribution in [0.3, 0.4) is 0 Å². The maximum atomic E-state index is 13.3. The first-order valence-corrected chi connectivity index (χ1v) is 8.15. The molecule has 0 saturated carbocycles. The van der Waals surface area contributed by atoms with Gasteiger partial charge in [0.1, 0.15) is 17.9 Å². The van der Waals surface area contributed by atoms with Crippen LogP contribution >= 0.6 is 0 Å². The Labute approximate surface area is 143 Å². The molecule has 24 heavy (non-hydrogen) atoms. The molecule has 0 bridgehead atoms. The molecular formula is C21H23FO2. The second-order valence-electron chi connectivity index (χ2n) is 5.96. The highest BCUT2D eigenvalue weighted by Crippen LogP contribution is 2.41. The molecule has 2 rings (SSSR count). The summed E-state index contributed by atoms with van der Waals surface area (Å²) in [6.07, 6.45) is 4.88. The standard InChI is InChI=1S/C21H23FO2/c1-5-15-13-19(14(2)3)18(7-6-12-23)20(21(15)24-4)16-8-10-17(22)11-9-16/h6-14H,5H2,1-4H3/b7-6+. The quantitative estimate of drug-likeness (QED) is 0.525. The predicted molar refractivity (Wildman–Crippen MR) is 97.0 cm³/mol. The van der Waals surface area contributed by atoms with E-state index in [1.807, 2.05) is 6.08 Å². The summed E-state index contributed by atoms with van der Waals surface area (Å²) in [6, 6.07) is 8.51. The van der Waals surface area contributed by atoms with Crippen molar-refractivity contribution in [2.45, 2.75) is 33.1 Å². The van der Waals surface area contributed by atoms with Crippen molar-refractivity contribution in [3.8, 4) is 16.9 Å². The SMILES string of the molecule is CCc1cc(C(C)C)c(/C=C/C=O)c(-c2ccc(F)cc2)c1OC. The molecule has 0 fully saturated rings. The lowest BCUT2D eigenvalue weighted by molar-refractivity contribution is -0.104. The van der Waals surface area contributed by atoms with Gasteiger partial charge in [-0.1, -0.05) is 45.0 Å². The molecule has 0 unspecified atom stereocenters. The third kappa shape index (κ3) is 3.56. The van der Waals surface area contributed by atoms with Crippen molar-refractivity contribution in [2.24, 2.45) is 0 Å². The van der Waals surface area contributed by atoms with Crippen LogP contribution in [-0.2, 0) is 11.2 Å². The normalized spacial score (nSPS) is 11.2. The fourth-order valence-corrected chi connectivity index (χ4v) is 2.95. The second kappa shape index (κ2) is 7.91. The van der Waals surface area contributed by atoms with Gasteiger partial charge in [0.2, 0.25) is 0 Å². The Morgan fingerprint density at radius 2 is 1.88 bits per heavy atom. The van der Waals surface area contributed by atoms with Gasteiger partial charge in [-0.15, -0.1) is 0 Å². The molecule has 2 aromatic carbocycles. The van der Waals surface area contributed by atoms with Crippen molar-refractivity contribution in [3.05, 3.63) is 58.9 Å². The van der Waals surface area contributed by atoms with Crippen molar-refractivity contribution >= 4 is 12.4 Å². The topological polar surface area (TPSA) is 26.3 Å². The number of aldehydes is 1. The summed E-state index contributed by atoms with van der Waals surface area (Å²) in [5.74, 6) is 0.782. The lowest BCUT2D eigenvalue weighted by Crippen LogP contribution is -2.03. The van der Waals surface area contributed by atoms with Crippen LogP contribution in [0, 0.1) is 5.82 Å². The largest absolute Gasteiger partial charge is 0.496 e. The van der Waals surface area contributed by atoms with Gasteiger partial charge in [0.15, 0.2) is 0 Å². The molecule has 0 heterocycles. The summed E-state index contributed by atoms with van der Waals surface area (Å²) in [5.41, 5.74) is 4.96. The number of allylic oxidation sites excluding steroid dienone is 1. The number of benzene rings is 2. The van der Waals surface area contributed by atoms with Crippen molar-refractivity contribution in [3.63, 3.8) is 0 Å². The van der Waals surface area contributed by atoms with Gasteiger partial charge in [-0.2, -0.15) is 0 Å². The molecule has 0 aliphatic heterocycles. The molecule has 0 N–H and O–H groups in total. The minimum Gasteiger partial charge on any atom is -0.496 e. The smallest absolute Gasteiger partial charge is 0.142 e. The number of ether oxygens (including phenoxy) is 1. The van der Waals surface area contributed by atoms with Crippen molar-refractivity contribution < 1.29 is 13.9 Å². The third-order valence-electron chi connectivity index (χ3n) is 4.11. The number of halogens is 1. The maximum Gasteiger partial charge on any atom is 0.142 e. The zero-order valence-electron chi connectivity index (χ0n) is 14.6.